The second kappa shape index (κ2) is 11.0. The molecule has 0 N–H and O–H groups in total. The molecule has 0 saturated carbocycles. The van der Waals surface area contributed by atoms with Gasteiger partial charge in [0.25, 0.3) is 0 Å². The standard InChI is InChI=1S/C30H32O4S/c1-22(21-35-26-15-9-4-10-16-26)28(31)34-27-29-32-20-25(33-29)19-30(27,17-23-11-5-2-6-12-23)18-24-13-7-3-8-14-24/h2-16,22,25,27,29H,17-21H2,1H3. The summed E-state index contributed by atoms with van der Waals surface area (Å²) in [6.45, 7) is 2.49. The summed E-state index contributed by atoms with van der Waals surface area (Å²) in [5.74, 6) is 0.224. The van der Waals surface area contributed by atoms with Crippen molar-refractivity contribution in [3.8, 4) is 0 Å². The predicted molar refractivity (Wildman–Crippen MR) is 138 cm³/mol. The monoisotopic (exact) mass is 488 g/mol. The Kier molecular flexibility index (Phi) is 7.57. The molecule has 4 atom stereocenters. The van der Waals surface area contributed by atoms with Gasteiger partial charge in [-0.1, -0.05) is 85.8 Å². The Bertz CT molecular complexity index is 1050. The van der Waals surface area contributed by atoms with E-state index in [4.69, 9.17) is 14.2 Å². The lowest BCUT2D eigenvalue weighted by Crippen LogP contribution is -2.54. The molecule has 2 aliphatic heterocycles. The topological polar surface area (TPSA) is 44.8 Å². The summed E-state index contributed by atoms with van der Waals surface area (Å²) in [5.41, 5.74) is 2.16. The van der Waals surface area contributed by atoms with Crippen LogP contribution in [-0.2, 0) is 31.8 Å². The van der Waals surface area contributed by atoms with Crippen LogP contribution in [0.4, 0.5) is 0 Å². The summed E-state index contributed by atoms with van der Waals surface area (Å²) < 4.78 is 18.5. The zero-order chi connectivity index (χ0) is 24.1. The Hall–Kier alpha value is -2.60. The lowest BCUT2D eigenvalue weighted by atomic mass is 9.67. The molecule has 2 saturated heterocycles. The highest BCUT2D eigenvalue weighted by Crippen LogP contribution is 2.47. The average molecular weight is 489 g/mol. The van der Waals surface area contributed by atoms with Crippen LogP contribution in [-0.4, -0.2) is 36.8 Å². The van der Waals surface area contributed by atoms with E-state index in [1.165, 1.54) is 11.1 Å². The van der Waals surface area contributed by atoms with Gasteiger partial charge >= 0.3 is 5.97 Å². The molecule has 2 heterocycles. The largest absolute Gasteiger partial charge is 0.456 e. The van der Waals surface area contributed by atoms with Gasteiger partial charge in [-0.25, -0.2) is 0 Å². The van der Waals surface area contributed by atoms with E-state index in [2.05, 4.69) is 60.7 Å². The molecule has 0 spiro atoms. The van der Waals surface area contributed by atoms with Gasteiger partial charge in [0.05, 0.1) is 18.6 Å². The SMILES string of the molecule is CC(CSc1ccccc1)C(=O)OC1C2OCC(CC1(Cc1ccccc1)Cc1ccccc1)O2. The minimum atomic E-state index is -0.529. The van der Waals surface area contributed by atoms with E-state index in [9.17, 15) is 4.79 Å². The molecular formula is C30H32O4S. The van der Waals surface area contributed by atoms with Crippen molar-refractivity contribution < 1.29 is 19.0 Å². The first-order valence-electron chi connectivity index (χ1n) is 12.3. The average Bonchev–Trinajstić information content (AvgIpc) is 3.29. The highest BCUT2D eigenvalue weighted by Gasteiger charge is 2.55. The zero-order valence-corrected chi connectivity index (χ0v) is 20.9. The maximum absolute atomic E-state index is 13.4. The Labute approximate surface area is 212 Å². The molecule has 5 rings (SSSR count). The Balaban J connectivity index is 1.39. The minimum Gasteiger partial charge on any atom is -0.456 e. The first-order chi connectivity index (χ1) is 17.1. The molecule has 35 heavy (non-hydrogen) atoms. The molecule has 3 aromatic rings. The molecule has 2 fully saturated rings. The molecule has 182 valence electrons. The number of rotatable bonds is 9. The molecule has 0 aromatic heterocycles. The molecule has 5 heteroatoms. The van der Waals surface area contributed by atoms with Crippen LogP contribution in [0.2, 0.25) is 0 Å². The second-order valence-electron chi connectivity index (χ2n) is 9.73. The molecule has 2 bridgehead atoms. The molecule has 0 radical (unpaired) electrons. The normalized spacial score (nSPS) is 23.5. The Morgan fingerprint density at radius 3 is 2.11 bits per heavy atom. The van der Waals surface area contributed by atoms with E-state index in [1.807, 2.05) is 37.3 Å². The fourth-order valence-electron chi connectivity index (χ4n) is 5.24. The maximum Gasteiger partial charge on any atom is 0.309 e. The number of carbonyl (C=O) groups is 1. The van der Waals surface area contributed by atoms with Crippen molar-refractivity contribution >= 4 is 17.7 Å². The molecule has 4 nitrogen and oxygen atoms in total. The van der Waals surface area contributed by atoms with Gasteiger partial charge in [-0.05, 0) is 42.5 Å². The Morgan fingerprint density at radius 2 is 1.51 bits per heavy atom. The van der Waals surface area contributed by atoms with Gasteiger partial charge in [0, 0.05) is 16.1 Å². The van der Waals surface area contributed by atoms with Crippen LogP contribution in [0.25, 0.3) is 0 Å². The van der Waals surface area contributed by atoms with Gasteiger partial charge < -0.3 is 14.2 Å². The van der Waals surface area contributed by atoms with Crippen molar-refractivity contribution in [3.05, 3.63) is 102 Å². The molecule has 3 aromatic carbocycles. The quantitative estimate of drug-likeness (QED) is 0.275. The summed E-state index contributed by atoms with van der Waals surface area (Å²) >= 11 is 1.68. The van der Waals surface area contributed by atoms with Crippen LogP contribution in [0, 0.1) is 11.3 Å². The van der Waals surface area contributed by atoms with Gasteiger partial charge in [0.15, 0.2) is 12.4 Å². The van der Waals surface area contributed by atoms with E-state index in [0.29, 0.717) is 12.4 Å². The molecule has 0 aliphatic carbocycles. The first-order valence-corrected chi connectivity index (χ1v) is 13.3. The van der Waals surface area contributed by atoms with Gasteiger partial charge in [0.2, 0.25) is 0 Å². The highest BCUT2D eigenvalue weighted by atomic mass is 32.2. The summed E-state index contributed by atoms with van der Waals surface area (Å²) in [4.78, 5) is 14.5. The van der Waals surface area contributed by atoms with Crippen molar-refractivity contribution in [1.29, 1.82) is 0 Å². The van der Waals surface area contributed by atoms with E-state index in [-0.39, 0.29) is 23.4 Å². The number of fused-ring (bicyclic) bond motifs is 2. The van der Waals surface area contributed by atoms with E-state index in [0.717, 1.165) is 24.2 Å². The minimum absolute atomic E-state index is 0.0217. The molecular weight excluding hydrogens is 456 g/mol. The van der Waals surface area contributed by atoms with E-state index >= 15 is 0 Å². The van der Waals surface area contributed by atoms with Crippen LogP contribution in [0.15, 0.2) is 95.9 Å². The Morgan fingerprint density at radius 1 is 0.943 bits per heavy atom. The van der Waals surface area contributed by atoms with Crippen molar-refractivity contribution in [2.24, 2.45) is 11.3 Å². The van der Waals surface area contributed by atoms with Gasteiger partial charge in [-0.15, -0.1) is 11.8 Å². The van der Waals surface area contributed by atoms with Crippen LogP contribution >= 0.6 is 11.8 Å². The third-order valence-corrected chi connectivity index (χ3v) is 8.22. The highest BCUT2D eigenvalue weighted by molar-refractivity contribution is 7.99. The smallest absolute Gasteiger partial charge is 0.309 e. The summed E-state index contributed by atoms with van der Waals surface area (Å²) in [6, 6.07) is 31.1. The molecule has 0 amide bonds. The van der Waals surface area contributed by atoms with Crippen molar-refractivity contribution in [2.75, 3.05) is 12.4 Å². The van der Waals surface area contributed by atoms with E-state index in [1.54, 1.807) is 11.8 Å². The predicted octanol–water partition coefficient (Wildman–Crippen LogP) is 5.94. The zero-order valence-electron chi connectivity index (χ0n) is 20.0. The lowest BCUT2D eigenvalue weighted by molar-refractivity contribution is -0.226. The number of carbonyl (C=O) groups excluding carboxylic acids is 1. The number of hydrogen-bond acceptors (Lipinski definition) is 5. The van der Waals surface area contributed by atoms with Crippen LogP contribution in [0.1, 0.15) is 24.5 Å². The lowest BCUT2D eigenvalue weighted by Gasteiger charge is -2.46. The van der Waals surface area contributed by atoms with Gasteiger partial charge in [0.1, 0.15) is 0 Å². The molecule has 2 aliphatic rings. The third-order valence-electron chi connectivity index (χ3n) is 6.94. The third kappa shape index (κ3) is 5.80. The number of benzene rings is 3. The number of ether oxygens (including phenoxy) is 3. The molecule has 4 unspecified atom stereocenters. The summed E-state index contributed by atoms with van der Waals surface area (Å²) in [7, 11) is 0. The fraction of sp³-hybridized carbons (Fsp3) is 0.367. The first kappa shape index (κ1) is 24.1. The van der Waals surface area contributed by atoms with Crippen molar-refractivity contribution in [2.45, 2.75) is 49.6 Å². The summed E-state index contributed by atoms with van der Waals surface area (Å²) in [5, 5.41) is 0. The van der Waals surface area contributed by atoms with Crippen molar-refractivity contribution in [1.82, 2.24) is 0 Å². The number of esters is 1. The number of hydrogen-bond donors (Lipinski definition) is 0. The van der Waals surface area contributed by atoms with Crippen LogP contribution < -0.4 is 0 Å². The summed E-state index contributed by atoms with van der Waals surface area (Å²) in [6.07, 6.45) is 1.41. The van der Waals surface area contributed by atoms with Crippen molar-refractivity contribution in [3.63, 3.8) is 0 Å². The maximum atomic E-state index is 13.4. The number of thioether (sulfide) groups is 1. The second-order valence-corrected chi connectivity index (χ2v) is 10.8. The van der Waals surface area contributed by atoms with Crippen LogP contribution in [0.5, 0.6) is 0 Å². The van der Waals surface area contributed by atoms with E-state index < -0.39 is 12.4 Å². The van der Waals surface area contributed by atoms with Crippen LogP contribution in [0.3, 0.4) is 0 Å². The van der Waals surface area contributed by atoms with Gasteiger partial charge in [-0.3, -0.25) is 4.79 Å². The fourth-order valence-corrected chi connectivity index (χ4v) is 6.16. The van der Waals surface area contributed by atoms with Gasteiger partial charge in [-0.2, -0.15) is 0 Å².